The molecule has 3 rings (SSSR count). The number of nitrogens with zero attached hydrogens (tertiary/aromatic N) is 1. The number of aryl methyl sites for hydroxylation is 1. The van der Waals surface area contributed by atoms with Gasteiger partial charge in [-0.05, 0) is 30.9 Å². The Labute approximate surface area is 151 Å². The van der Waals surface area contributed by atoms with Gasteiger partial charge in [0.25, 0.3) is 0 Å². The zero-order valence-electron chi connectivity index (χ0n) is 14.6. The summed E-state index contributed by atoms with van der Waals surface area (Å²) in [4.78, 5) is 17.7. The molecule has 0 amide bonds. The van der Waals surface area contributed by atoms with Gasteiger partial charge in [0, 0.05) is 5.92 Å². The molecule has 1 saturated carbocycles. The average Bonchev–Trinajstić information content (AvgIpc) is 3.41. The summed E-state index contributed by atoms with van der Waals surface area (Å²) in [6.45, 7) is 2.35. The molecule has 5 nitrogen and oxygen atoms in total. The van der Waals surface area contributed by atoms with Crippen molar-refractivity contribution < 1.29 is 19.0 Å². The van der Waals surface area contributed by atoms with Crippen LogP contribution in [0.3, 0.4) is 0 Å². The molecule has 6 heteroatoms. The Morgan fingerprint density at radius 3 is 2.76 bits per heavy atom. The van der Waals surface area contributed by atoms with Crippen LogP contribution >= 0.6 is 11.3 Å². The molecule has 132 valence electrons. The highest BCUT2D eigenvalue weighted by Crippen LogP contribution is 2.44. The van der Waals surface area contributed by atoms with Crippen LogP contribution in [-0.4, -0.2) is 25.2 Å². The number of hydrogen-bond acceptors (Lipinski definition) is 6. The molecule has 0 spiro atoms. The van der Waals surface area contributed by atoms with Gasteiger partial charge in [-0.3, -0.25) is 0 Å². The normalized spacial score (nSPS) is 14.3. The van der Waals surface area contributed by atoms with Crippen LogP contribution in [0.5, 0.6) is 5.88 Å². The second-order valence-electron chi connectivity index (χ2n) is 5.89. The van der Waals surface area contributed by atoms with E-state index in [9.17, 15) is 4.79 Å². The Morgan fingerprint density at radius 1 is 1.32 bits per heavy atom. The highest BCUT2D eigenvalue weighted by atomic mass is 32.1. The fourth-order valence-corrected chi connectivity index (χ4v) is 3.58. The van der Waals surface area contributed by atoms with E-state index in [0.717, 1.165) is 21.0 Å². The van der Waals surface area contributed by atoms with Gasteiger partial charge in [-0.2, -0.15) is 0 Å². The smallest absolute Gasteiger partial charge is 0.341 e. The maximum atomic E-state index is 12.0. The lowest BCUT2D eigenvalue weighted by atomic mass is 10.0. The van der Waals surface area contributed by atoms with Crippen molar-refractivity contribution in [1.82, 2.24) is 4.98 Å². The van der Waals surface area contributed by atoms with Crippen LogP contribution in [0.1, 0.15) is 39.8 Å². The Balaban J connectivity index is 1.81. The van der Waals surface area contributed by atoms with Crippen LogP contribution in [-0.2, 0) is 20.9 Å². The Bertz CT molecular complexity index is 792. The number of carbonyl (C=O) groups is 1. The van der Waals surface area contributed by atoms with E-state index in [1.807, 2.05) is 31.2 Å². The van der Waals surface area contributed by atoms with Gasteiger partial charge in [0.15, 0.2) is 0 Å². The molecule has 0 N–H and O–H groups in total. The van der Waals surface area contributed by atoms with Crippen LogP contribution in [0.15, 0.2) is 30.5 Å². The Morgan fingerprint density at radius 2 is 2.08 bits per heavy atom. The van der Waals surface area contributed by atoms with E-state index in [4.69, 9.17) is 14.2 Å². The number of thiazole rings is 1. The zero-order valence-corrected chi connectivity index (χ0v) is 15.4. The number of ether oxygens (including phenoxy) is 3. The summed E-state index contributed by atoms with van der Waals surface area (Å²) in [6.07, 6.45) is 3.84. The third kappa shape index (κ3) is 4.02. The summed E-state index contributed by atoms with van der Waals surface area (Å²) in [5.74, 6) is 0.844. The molecular weight excluding hydrogens is 338 g/mol. The monoisotopic (exact) mass is 359 g/mol. The van der Waals surface area contributed by atoms with Crippen LogP contribution in [0, 0.1) is 6.92 Å². The lowest BCUT2D eigenvalue weighted by molar-refractivity contribution is -0.133. The lowest BCUT2D eigenvalue weighted by Crippen LogP contribution is -2.08. The number of methoxy groups -OCH3 is 2. The first kappa shape index (κ1) is 17.5. The summed E-state index contributed by atoms with van der Waals surface area (Å²) in [5, 5.41) is 1.16. The van der Waals surface area contributed by atoms with E-state index in [2.05, 4.69) is 4.98 Å². The van der Waals surface area contributed by atoms with Gasteiger partial charge >= 0.3 is 5.97 Å². The molecule has 1 aromatic heterocycles. The highest BCUT2D eigenvalue weighted by molar-refractivity contribution is 7.12. The average molecular weight is 359 g/mol. The van der Waals surface area contributed by atoms with Gasteiger partial charge in [0.1, 0.15) is 17.2 Å². The predicted octanol–water partition coefficient (Wildman–Crippen LogP) is 4.07. The Kier molecular flexibility index (Phi) is 5.38. The molecule has 1 fully saturated rings. The maximum absolute atomic E-state index is 12.0. The van der Waals surface area contributed by atoms with Crippen LogP contribution in [0.4, 0.5) is 0 Å². The molecule has 25 heavy (non-hydrogen) atoms. The van der Waals surface area contributed by atoms with E-state index in [-0.39, 0.29) is 0 Å². The van der Waals surface area contributed by atoms with Gasteiger partial charge < -0.3 is 14.2 Å². The molecule has 0 atom stereocenters. The van der Waals surface area contributed by atoms with Crippen molar-refractivity contribution in [1.29, 1.82) is 0 Å². The van der Waals surface area contributed by atoms with Crippen molar-refractivity contribution in [2.24, 2.45) is 0 Å². The Hall–Kier alpha value is -2.34. The van der Waals surface area contributed by atoms with Gasteiger partial charge in [0.05, 0.1) is 25.4 Å². The van der Waals surface area contributed by atoms with E-state index in [1.165, 1.54) is 33.3 Å². The second kappa shape index (κ2) is 7.70. The van der Waals surface area contributed by atoms with Crippen LogP contribution in [0.25, 0.3) is 5.57 Å². The van der Waals surface area contributed by atoms with Crippen LogP contribution in [0.2, 0.25) is 0 Å². The van der Waals surface area contributed by atoms with Crippen molar-refractivity contribution >= 4 is 22.9 Å². The molecule has 0 aliphatic heterocycles. The fourth-order valence-electron chi connectivity index (χ4n) is 2.55. The van der Waals surface area contributed by atoms with Gasteiger partial charge in [-0.1, -0.05) is 24.3 Å². The van der Waals surface area contributed by atoms with E-state index in [0.29, 0.717) is 24.0 Å². The van der Waals surface area contributed by atoms with E-state index < -0.39 is 5.97 Å². The first-order chi connectivity index (χ1) is 12.1. The standard InChI is InChI=1S/C19H21NO4S/c1-12-17(20-18(25-12)13-8-9-13)24-10-14-6-4-5-7-15(14)16(11-22-2)19(21)23-3/h4-7,11,13H,8-10H2,1-3H3. The number of aromatic nitrogens is 1. The molecular formula is C19H21NO4S. The number of hydrogen-bond donors (Lipinski definition) is 0. The topological polar surface area (TPSA) is 57.7 Å². The molecule has 0 radical (unpaired) electrons. The number of carbonyl (C=O) groups excluding carboxylic acids is 1. The van der Waals surface area contributed by atoms with E-state index >= 15 is 0 Å². The molecule has 0 saturated heterocycles. The molecule has 1 heterocycles. The summed E-state index contributed by atoms with van der Waals surface area (Å²) in [7, 11) is 2.85. The van der Waals surface area contributed by atoms with Crippen molar-refractivity contribution in [3.8, 4) is 5.88 Å². The fraction of sp³-hybridized carbons (Fsp3) is 0.368. The first-order valence-electron chi connectivity index (χ1n) is 8.13. The summed E-state index contributed by atoms with van der Waals surface area (Å²) < 4.78 is 15.8. The van der Waals surface area contributed by atoms with Crippen molar-refractivity contribution in [2.75, 3.05) is 14.2 Å². The lowest BCUT2D eigenvalue weighted by Gasteiger charge is -2.12. The molecule has 1 aliphatic rings. The molecule has 2 aromatic rings. The van der Waals surface area contributed by atoms with E-state index in [1.54, 1.807) is 11.3 Å². The third-order valence-electron chi connectivity index (χ3n) is 4.01. The second-order valence-corrected chi connectivity index (χ2v) is 7.13. The molecule has 0 unspecified atom stereocenters. The minimum Gasteiger partial charge on any atom is -0.503 e. The van der Waals surface area contributed by atoms with Gasteiger partial charge in [-0.25, -0.2) is 9.78 Å². The first-order valence-corrected chi connectivity index (χ1v) is 8.95. The number of rotatable bonds is 7. The summed E-state index contributed by atoms with van der Waals surface area (Å²) >= 11 is 1.71. The largest absolute Gasteiger partial charge is 0.503 e. The summed E-state index contributed by atoms with van der Waals surface area (Å²) in [6, 6.07) is 7.55. The van der Waals surface area contributed by atoms with Crippen molar-refractivity contribution in [3.63, 3.8) is 0 Å². The molecule has 1 aliphatic carbocycles. The number of esters is 1. The van der Waals surface area contributed by atoms with Crippen molar-refractivity contribution in [3.05, 3.63) is 51.5 Å². The SMILES string of the molecule is COC=C(C(=O)OC)c1ccccc1COc1nc(C2CC2)sc1C. The zero-order chi connectivity index (χ0) is 17.8. The quantitative estimate of drug-likeness (QED) is 0.424. The minimum absolute atomic E-state index is 0.322. The molecule has 0 bridgehead atoms. The van der Waals surface area contributed by atoms with Crippen molar-refractivity contribution in [2.45, 2.75) is 32.3 Å². The summed E-state index contributed by atoms with van der Waals surface area (Å²) in [5.41, 5.74) is 1.96. The third-order valence-corrected chi connectivity index (χ3v) is 5.12. The maximum Gasteiger partial charge on any atom is 0.341 e. The predicted molar refractivity (Wildman–Crippen MR) is 96.6 cm³/mol. The van der Waals surface area contributed by atoms with Crippen LogP contribution < -0.4 is 4.74 Å². The van der Waals surface area contributed by atoms with Gasteiger partial charge in [-0.15, -0.1) is 11.3 Å². The van der Waals surface area contributed by atoms with Gasteiger partial charge in [0.2, 0.25) is 5.88 Å². The highest BCUT2D eigenvalue weighted by Gasteiger charge is 2.28. The minimum atomic E-state index is -0.449. The molecule has 1 aromatic carbocycles. The number of benzene rings is 1.